The average molecular weight is 430 g/mol. The first kappa shape index (κ1) is 20.2. The molecule has 1 aliphatic heterocycles. The van der Waals surface area contributed by atoms with Crippen LogP contribution >= 0.6 is 11.3 Å². The van der Waals surface area contributed by atoms with Gasteiger partial charge in [-0.2, -0.15) is 0 Å². The largest absolute Gasteiger partial charge is 0.492 e. The number of benzene rings is 1. The van der Waals surface area contributed by atoms with Gasteiger partial charge in [0.25, 0.3) is 0 Å². The van der Waals surface area contributed by atoms with Gasteiger partial charge < -0.3 is 21.1 Å². The summed E-state index contributed by atoms with van der Waals surface area (Å²) in [7, 11) is 0. The normalized spacial score (nSPS) is 14.5. The molecule has 3 aromatic rings. The molecule has 0 spiro atoms. The van der Waals surface area contributed by atoms with Crippen molar-refractivity contribution < 1.29 is 14.2 Å². The zero-order valence-electron chi connectivity index (χ0n) is 16.2. The minimum Gasteiger partial charge on any atom is -0.492 e. The highest BCUT2D eigenvalue weighted by molar-refractivity contribution is 7.18. The van der Waals surface area contributed by atoms with E-state index in [2.05, 4.69) is 40.7 Å². The Bertz CT molecular complexity index is 985. The fourth-order valence-electron chi connectivity index (χ4n) is 3.03. The summed E-state index contributed by atoms with van der Waals surface area (Å²) in [6, 6.07) is 7.54. The molecule has 0 saturated carbocycles. The Kier molecular flexibility index (Phi) is 6.47. The Morgan fingerprint density at radius 3 is 2.97 bits per heavy atom. The quantitative estimate of drug-likeness (QED) is 0.465. The van der Waals surface area contributed by atoms with Gasteiger partial charge in [0.1, 0.15) is 12.4 Å². The highest BCUT2D eigenvalue weighted by atomic mass is 32.1. The van der Waals surface area contributed by atoms with Gasteiger partial charge in [-0.3, -0.25) is 9.69 Å². The highest BCUT2D eigenvalue weighted by Gasteiger charge is 2.16. The van der Waals surface area contributed by atoms with Crippen molar-refractivity contribution >= 4 is 28.2 Å². The SMILES string of the molecule is Nc1nonc1-c1nnc(NC(=O)Cc2cccc(OCCN3CCNCC3)c2)s1. The number of hydrogen-bond donors (Lipinski definition) is 3. The molecule has 0 atom stereocenters. The number of amides is 1. The molecular formula is C18H22N8O3S. The molecule has 12 heteroatoms. The van der Waals surface area contributed by atoms with Crippen LogP contribution in [0.25, 0.3) is 10.7 Å². The van der Waals surface area contributed by atoms with E-state index in [0.29, 0.717) is 22.4 Å². The molecule has 1 aliphatic rings. The van der Waals surface area contributed by atoms with Gasteiger partial charge in [-0.25, -0.2) is 4.63 Å². The number of nitrogens with two attached hydrogens (primary N) is 1. The number of rotatable bonds is 8. The second kappa shape index (κ2) is 9.61. The van der Waals surface area contributed by atoms with Gasteiger partial charge in [0.05, 0.1) is 6.42 Å². The number of nitrogens with zero attached hydrogens (tertiary/aromatic N) is 5. The van der Waals surface area contributed by atoms with E-state index in [1.807, 2.05) is 24.3 Å². The molecule has 0 bridgehead atoms. The molecule has 2 aromatic heterocycles. The van der Waals surface area contributed by atoms with E-state index >= 15 is 0 Å². The molecule has 4 N–H and O–H groups in total. The molecule has 0 aliphatic carbocycles. The average Bonchev–Trinajstić information content (AvgIpc) is 3.37. The van der Waals surface area contributed by atoms with E-state index < -0.39 is 0 Å². The smallest absolute Gasteiger partial charge is 0.230 e. The number of ether oxygens (including phenoxy) is 1. The van der Waals surface area contributed by atoms with Crippen LogP contribution in [0.3, 0.4) is 0 Å². The van der Waals surface area contributed by atoms with Crippen LogP contribution in [0.15, 0.2) is 28.9 Å². The summed E-state index contributed by atoms with van der Waals surface area (Å²) in [6.07, 6.45) is 0.192. The summed E-state index contributed by atoms with van der Waals surface area (Å²) in [5.41, 5.74) is 6.80. The Labute approximate surface area is 176 Å². The molecule has 1 saturated heterocycles. The van der Waals surface area contributed by atoms with Crippen LogP contribution in [0.4, 0.5) is 10.9 Å². The van der Waals surface area contributed by atoms with E-state index in [4.69, 9.17) is 10.5 Å². The van der Waals surface area contributed by atoms with Crippen molar-refractivity contribution in [3.8, 4) is 16.5 Å². The predicted octanol–water partition coefficient (Wildman–Crippen LogP) is 0.635. The van der Waals surface area contributed by atoms with E-state index in [9.17, 15) is 4.79 Å². The van der Waals surface area contributed by atoms with Crippen molar-refractivity contribution in [1.82, 2.24) is 30.7 Å². The molecule has 11 nitrogen and oxygen atoms in total. The molecule has 158 valence electrons. The lowest BCUT2D eigenvalue weighted by Gasteiger charge is -2.26. The summed E-state index contributed by atoms with van der Waals surface area (Å²) in [6.45, 7) is 5.61. The maximum absolute atomic E-state index is 12.4. The lowest BCUT2D eigenvalue weighted by Crippen LogP contribution is -2.44. The predicted molar refractivity (Wildman–Crippen MR) is 111 cm³/mol. The molecule has 1 amide bonds. The number of piperazine rings is 1. The van der Waals surface area contributed by atoms with Gasteiger partial charge >= 0.3 is 0 Å². The number of carbonyl (C=O) groups is 1. The lowest BCUT2D eigenvalue weighted by molar-refractivity contribution is -0.115. The molecule has 0 unspecified atom stereocenters. The maximum Gasteiger partial charge on any atom is 0.230 e. The topological polar surface area (TPSA) is 144 Å². The Balaban J connectivity index is 1.27. The monoisotopic (exact) mass is 430 g/mol. The second-order valence-electron chi connectivity index (χ2n) is 6.72. The molecule has 1 aromatic carbocycles. The minimum absolute atomic E-state index is 0.123. The third-order valence-corrected chi connectivity index (χ3v) is 5.38. The fraction of sp³-hybridized carbons (Fsp3) is 0.389. The van der Waals surface area contributed by atoms with Crippen LogP contribution in [-0.2, 0) is 11.2 Å². The zero-order valence-corrected chi connectivity index (χ0v) is 17.0. The number of nitrogen functional groups attached to an aromatic ring is 1. The molecule has 30 heavy (non-hydrogen) atoms. The van der Waals surface area contributed by atoms with Crippen molar-refractivity contribution in [2.75, 3.05) is 50.4 Å². The van der Waals surface area contributed by atoms with Gasteiger partial charge in [0, 0.05) is 32.7 Å². The van der Waals surface area contributed by atoms with E-state index in [1.54, 1.807) is 0 Å². The Morgan fingerprint density at radius 2 is 2.17 bits per heavy atom. The number of nitrogens with one attached hydrogen (secondary N) is 2. The molecule has 1 fully saturated rings. The number of anilines is 2. The third kappa shape index (κ3) is 5.28. The van der Waals surface area contributed by atoms with Gasteiger partial charge in [-0.15, -0.1) is 10.2 Å². The van der Waals surface area contributed by atoms with Crippen LogP contribution in [0.2, 0.25) is 0 Å². The van der Waals surface area contributed by atoms with Crippen molar-refractivity contribution in [3.05, 3.63) is 29.8 Å². The number of carbonyl (C=O) groups excluding carboxylic acids is 1. The van der Waals surface area contributed by atoms with Crippen LogP contribution in [0, 0.1) is 0 Å². The lowest BCUT2D eigenvalue weighted by atomic mass is 10.1. The van der Waals surface area contributed by atoms with Crippen molar-refractivity contribution in [1.29, 1.82) is 0 Å². The summed E-state index contributed by atoms with van der Waals surface area (Å²) in [4.78, 5) is 14.7. The second-order valence-corrected chi connectivity index (χ2v) is 7.70. The summed E-state index contributed by atoms with van der Waals surface area (Å²) in [5, 5.41) is 21.9. The fourth-order valence-corrected chi connectivity index (χ4v) is 3.78. The van der Waals surface area contributed by atoms with Crippen LogP contribution in [-0.4, -0.2) is 70.6 Å². The molecule has 3 heterocycles. The number of hydrogen-bond acceptors (Lipinski definition) is 11. The van der Waals surface area contributed by atoms with Crippen LogP contribution in [0.1, 0.15) is 5.56 Å². The summed E-state index contributed by atoms with van der Waals surface area (Å²) < 4.78 is 10.4. The summed E-state index contributed by atoms with van der Waals surface area (Å²) >= 11 is 1.14. The van der Waals surface area contributed by atoms with Gasteiger partial charge in [-0.05, 0) is 28.0 Å². The summed E-state index contributed by atoms with van der Waals surface area (Å²) in [5.74, 6) is 0.669. The first-order chi connectivity index (χ1) is 14.7. The van der Waals surface area contributed by atoms with Gasteiger partial charge in [0.15, 0.2) is 16.5 Å². The Hall–Kier alpha value is -3.09. The van der Waals surface area contributed by atoms with Gasteiger partial charge in [0.2, 0.25) is 11.0 Å². The van der Waals surface area contributed by atoms with E-state index in [0.717, 1.165) is 55.4 Å². The van der Waals surface area contributed by atoms with E-state index in [1.165, 1.54) is 0 Å². The van der Waals surface area contributed by atoms with E-state index in [-0.39, 0.29) is 18.1 Å². The zero-order chi connectivity index (χ0) is 20.8. The van der Waals surface area contributed by atoms with Crippen molar-refractivity contribution in [2.45, 2.75) is 6.42 Å². The Morgan fingerprint density at radius 1 is 1.30 bits per heavy atom. The third-order valence-electron chi connectivity index (χ3n) is 4.54. The molecule has 0 radical (unpaired) electrons. The van der Waals surface area contributed by atoms with Crippen LogP contribution in [0.5, 0.6) is 5.75 Å². The van der Waals surface area contributed by atoms with Crippen LogP contribution < -0.4 is 21.1 Å². The maximum atomic E-state index is 12.4. The standard InChI is InChI=1S/C18H22N8O3S/c19-16-15(24-29-25-16)17-22-23-18(30-17)21-14(27)11-12-2-1-3-13(10-12)28-9-8-26-6-4-20-5-7-26/h1-3,10,20H,4-9,11H2,(H2,19,25)(H,21,23,27). The minimum atomic E-state index is -0.207. The van der Waals surface area contributed by atoms with Gasteiger partial charge in [-0.1, -0.05) is 23.5 Å². The van der Waals surface area contributed by atoms with Crippen molar-refractivity contribution in [3.63, 3.8) is 0 Å². The highest BCUT2D eigenvalue weighted by Crippen LogP contribution is 2.28. The molecular weight excluding hydrogens is 408 g/mol. The number of aromatic nitrogens is 4. The first-order valence-electron chi connectivity index (χ1n) is 9.54. The first-order valence-corrected chi connectivity index (χ1v) is 10.4. The molecule has 4 rings (SSSR count). The van der Waals surface area contributed by atoms with Crippen molar-refractivity contribution in [2.24, 2.45) is 0 Å².